The van der Waals surface area contributed by atoms with Crippen LogP contribution in [0.4, 0.5) is 5.82 Å². The molecule has 0 amide bonds. The lowest BCUT2D eigenvalue weighted by molar-refractivity contribution is 0.953. The summed E-state index contributed by atoms with van der Waals surface area (Å²) in [5.74, 6) is 2.93. The van der Waals surface area contributed by atoms with E-state index in [0.717, 1.165) is 56.5 Å². The van der Waals surface area contributed by atoms with Crippen molar-refractivity contribution in [3.05, 3.63) is 151 Å². The van der Waals surface area contributed by atoms with E-state index in [1.165, 1.54) is 31.1 Å². The summed E-state index contributed by atoms with van der Waals surface area (Å²) in [6.07, 6.45) is 4.43. The molecule has 1 aliphatic heterocycles. The Morgan fingerprint density at radius 1 is 0.529 bits per heavy atom. The molecule has 0 bridgehead atoms. The zero-order valence-electron chi connectivity index (χ0n) is 27.3. The van der Waals surface area contributed by atoms with Crippen LogP contribution in [-0.4, -0.2) is 30.6 Å². The first kappa shape index (κ1) is 28.3. The van der Waals surface area contributed by atoms with Gasteiger partial charge in [-0.25, -0.2) is 4.98 Å². The number of anilines is 1. The highest BCUT2D eigenvalue weighted by Crippen LogP contribution is 2.43. The zero-order valence-corrected chi connectivity index (χ0v) is 28.1. The fraction of sp³-hybridized carbons (Fsp3) is 0.0227. The van der Waals surface area contributed by atoms with Crippen molar-refractivity contribution in [2.45, 2.75) is 0 Å². The molecule has 0 aliphatic carbocycles. The van der Waals surface area contributed by atoms with Crippen molar-refractivity contribution < 1.29 is 0 Å². The van der Waals surface area contributed by atoms with Gasteiger partial charge in [0.25, 0.3) is 0 Å². The first-order valence-corrected chi connectivity index (χ1v) is 17.9. The Labute approximate surface area is 296 Å². The molecule has 240 valence electrons. The number of para-hydroxylation sites is 2. The molecule has 51 heavy (non-hydrogen) atoms. The molecule has 1 N–H and O–H groups in total. The molecule has 4 aromatic heterocycles. The maximum atomic E-state index is 5.34. The van der Waals surface area contributed by atoms with E-state index in [-0.39, 0.29) is 0 Å². The highest BCUT2D eigenvalue weighted by Gasteiger charge is 2.26. The quantitative estimate of drug-likeness (QED) is 0.202. The lowest BCUT2D eigenvalue weighted by Crippen LogP contribution is -2.09. The van der Waals surface area contributed by atoms with E-state index in [1.54, 1.807) is 0 Å². The number of aromatic nitrogens is 5. The fourth-order valence-corrected chi connectivity index (χ4v) is 8.82. The first-order chi connectivity index (χ1) is 25.3. The van der Waals surface area contributed by atoms with Crippen LogP contribution >= 0.6 is 11.3 Å². The van der Waals surface area contributed by atoms with Gasteiger partial charge in [-0.15, -0.1) is 11.3 Å². The maximum Gasteiger partial charge on any atom is 0.238 e. The molecule has 6 nitrogen and oxygen atoms in total. The molecule has 0 radical (unpaired) electrons. The van der Waals surface area contributed by atoms with Gasteiger partial charge < -0.3 is 5.32 Å². The number of rotatable bonds is 4. The highest BCUT2D eigenvalue weighted by atomic mass is 32.1. The van der Waals surface area contributed by atoms with Crippen LogP contribution in [0.25, 0.3) is 93.4 Å². The monoisotopic (exact) mass is 672 g/mol. The summed E-state index contributed by atoms with van der Waals surface area (Å²) in [6, 6.07) is 49.1. The largest absolute Gasteiger partial charge is 0.367 e. The minimum atomic E-state index is 0.579. The van der Waals surface area contributed by atoms with Crippen LogP contribution < -0.4 is 5.32 Å². The molecule has 0 saturated heterocycles. The topological polar surface area (TPSA) is 60.6 Å². The molecule has 0 spiro atoms. The van der Waals surface area contributed by atoms with Gasteiger partial charge >= 0.3 is 0 Å². The number of thiophene rings is 1. The molecular formula is C44H28N6S. The van der Waals surface area contributed by atoms with Gasteiger partial charge in [0.2, 0.25) is 5.95 Å². The van der Waals surface area contributed by atoms with E-state index in [9.17, 15) is 0 Å². The van der Waals surface area contributed by atoms with Gasteiger partial charge in [0.05, 0.1) is 16.6 Å². The number of hydrogen-bond donors (Lipinski definition) is 1. The number of nitrogens with one attached hydrogen (secondary N) is 1. The van der Waals surface area contributed by atoms with Crippen molar-refractivity contribution in [3.8, 4) is 34.4 Å². The van der Waals surface area contributed by atoms with Crippen LogP contribution in [-0.2, 0) is 0 Å². The van der Waals surface area contributed by atoms with Crippen molar-refractivity contribution >= 4 is 76.1 Å². The Bertz CT molecular complexity index is 3020. The van der Waals surface area contributed by atoms with Crippen molar-refractivity contribution in [1.29, 1.82) is 0 Å². The summed E-state index contributed by atoms with van der Waals surface area (Å²) in [6.45, 7) is 0.767. The normalized spacial score (nSPS) is 12.7. The Hall–Kier alpha value is -6.57. The molecule has 6 aromatic carbocycles. The van der Waals surface area contributed by atoms with Gasteiger partial charge in [-0.3, -0.25) is 9.13 Å². The summed E-state index contributed by atoms with van der Waals surface area (Å²) < 4.78 is 7.13. The molecule has 0 fully saturated rings. The summed E-state index contributed by atoms with van der Waals surface area (Å²) in [5, 5.41) is 9.60. The second-order valence-electron chi connectivity index (χ2n) is 12.9. The van der Waals surface area contributed by atoms with Gasteiger partial charge in [0, 0.05) is 65.3 Å². The number of hydrogen-bond acceptors (Lipinski definition) is 5. The summed E-state index contributed by atoms with van der Waals surface area (Å²) in [7, 11) is 0. The molecule has 0 atom stereocenters. The molecule has 5 heterocycles. The Morgan fingerprint density at radius 3 is 2.08 bits per heavy atom. The van der Waals surface area contributed by atoms with Crippen LogP contribution in [0.3, 0.4) is 0 Å². The molecule has 7 heteroatoms. The third kappa shape index (κ3) is 4.25. The van der Waals surface area contributed by atoms with Crippen molar-refractivity contribution in [2.24, 2.45) is 0 Å². The van der Waals surface area contributed by atoms with Gasteiger partial charge in [0.1, 0.15) is 5.82 Å². The molecule has 10 aromatic rings. The Kier molecular flexibility index (Phi) is 6.08. The minimum Gasteiger partial charge on any atom is -0.367 e. The number of benzene rings is 6. The fourth-order valence-electron chi connectivity index (χ4n) is 7.74. The van der Waals surface area contributed by atoms with Crippen LogP contribution in [0.2, 0.25) is 0 Å². The van der Waals surface area contributed by atoms with Crippen molar-refractivity contribution in [1.82, 2.24) is 24.1 Å². The average molecular weight is 673 g/mol. The minimum absolute atomic E-state index is 0.579. The van der Waals surface area contributed by atoms with E-state index in [0.29, 0.717) is 17.6 Å². The molecule has 11 rings (SSSR count). The third-order valence-corrected chi connectivity index (χ3v) is 11.1. The second-order valence-corrected chi connectivity index (χ2v) is 14.0. The van der Waals surface area contributed by atoms with Crippen LogP contribution in [0, 0.1) is 0 Å². The number of fused-ring (bicyclic) bond motifs is 10. The van der Waals surface area contributed by atoms with Crippen molar-refractivity contribution in [2.75, 3.05) is 11.9 Å². The predicted octanol–water partition coefficient (Wildman–Crippen LogP) is 11.1. The van der Waals surface area contributed by atoms with E-state index in [2.05, 4.69) is 148 Å². The van der Waals surface area contributed by atoms with Crippen LogP contribution in [0.1, 0.15) is 5.56 Å². The van der Waals surface area contributed by atoms with E-state index >= 15 is 0 Å². The van der Waals surface area contributed by atoms with Gasteiger partial charge in [0.15, 0.2) is 11.6 Å². The van der Waals surface area contributed by atoms with E-state index in [1.807, 2.05) is 29.5 Å². The summed E-state index contributed by atoms with van der Waals surface area (Å²) in [4.78, 5) is 15.7. The summed E-state index contributed by atoms with van der Waals surface area (Å²) >= 11 is 1.81. The lowest BCUT2D eigenvalue weighted by atomic mass is 10.1. The molecule has 1 aliphatic rings. The highest BCUT2D eigenvalue weighted by molar-refractivity contribution is 7.25. The van der Waals surface area contributed by atoms with E-state index in [4.69, 9.17) is 15.0 Å². The Balaban J connectivity index is 1.27. The Morgan fingerprint density at radius 2 is 1.22 bits per heavy atom. The predicted molar refractivity (Wildman–Crippen MR) is 212 cm³/mol. The number of nitrogens with zero attached hydrogens (tertiary/aromatic N) is 5. The lowest BCUT2D eigenvalue weighted by Gasteiger charge is -2.16. The SMILES string of the molecule is C1=Cc2c(n(-c3ccccc3)c3c2ccc2c4ccccc4n(-c4nc(-c5ccccc5)nc(-c5ccc6sc7ccccc7c6c5)n4)c23)NC1. The zero-order chi connectivity index (χ0) is 33.5. The van der Waals surface area contributed by atoms with Gasteiger partial charge in [-0.1, -0.05) is 109 Å². The maximum absolute atomic E-state index is 5.34. The smallest absolute Gasteiger partial charge is 0.238 e. The average Bonchev–Trinajstić information content (AvgIpc) is 3.86. The first-order valence-electron chi connectivity index (χ1n) is 17.1. The standard InChI is InChI=1S/C44H28N6S/c1-3-12-27(13-4-1)41-46-42(28-21-24-38-35(26-28)31-17-8-10-20-37(31)51-38)48-44(47-41)50-36-19-9-7-16-30(36)32-22-23-33-34-18-11-25-45-43(34)49(39(33)40(32)50)29-14-5-2-6-15-29/h1-24,26,45H,25H2. The van der Waals surface area contributed by atoms with E-state index < -0.39 is 0 Å². The van der Waals surface area contributed by atoms with Gasteiger partial charge in [-0.2, -0.15) is 9.97 Å². The van der Waals surface area contributed by atoms with Crippen LogP contribution in [0.15, 0.2) is 146 Å². The van der Waals surface area contributed by atoms with Gasteiger partial charge in [-0.05, 0) is 42.5 Å². The molecule has 0 unspecified atom stereocenters. The molecule has 0 saturated carbocycles. The third-order valence-electron chi connectivity index (χ3n) is 9.98. The van der Waals surface area contributed by atoms with Crippen LogP contribution in [0.5, 0.6) is 0 Å². The summed E-state index contributed by atoms with van der Waals surface area (Å²) in [5.41, 5.74) is 7.36. The second kappa shape index (κ2) is 11.0. The van der Waals surface area contributed by atoms with Crippen molar-refractivity contribution in [3.63, 3.8) is 0 Å². The molecular weight excluding hydrogens is 645 g/mol.